The van der Waals surface area contributed by atoms with Crippen LogP contribution in [0.25, 0.3) is 97.1 Å². The van der Waals surface area contributed by atoms with E-state index in [1.807, 2.05) is 11.3 Å². The van der Waals surface area contributed by atoms with Crippen LogP contribution in [0.4, 0.5) is 0 Å². The molecule has 11 aromatic rings. The van der Waals surface area contributed by atoms with Crippen molar-refractivity contribution in [2.24, 2.45) is 0 Å². The standard InChI is InChI=1S/C46H28N2S/c1-2-11-31-28-33(25-20-29(31)10-1)47-41-18-7-4-14-39(41)44-42(47)27-26-37-35-12-3-6-17-40(35)48(45(37)44)32-23-21-30(22-24-32)34-15-9-16-38-36-13-5-8-19-43(36)49-46(34)38/h1-28H. The van der Waals surface area contributed by atoms with Crippen molar-refractivity contribution < 1.29 is 0 Å². The second kappa shape index (κ2) is 10.2. The number of nitrogens with zero attached hydrogens (tertiary/aromatic N) is 2. The van der Waals surface area contributed by atoms with E-state index in [2.05, 4.69) is 179 Å². The summed E-state index contributed by atoms with van der Waals surface area (Å²) in [6.07, 6.45) is 0. The van der Waals surface area contributed by atoms with Crippen molar-refractivity contribution in [3.8, 4) is 22.5 Å². The molecule has 0 spiro atoms. The summed E-state index contributed by atoms with van der Waals surface area (Å²) in [4.78, 5) is 0. The molecule has 0 saturated heterocycles. The fourth-order valence-corrected chi connectivity index (χ4v) is 9.37. The molecule has 11 rings (SSSR count). The molecule has 0 bridgehead atoms. The van der Waals surface area contributed by atoms with Gasteiger partial charge < -0.3 is 9.13 Å². The lowest BCUT2D eigenvalue weighted by Gasteiger charge is -2.12. The molecule has 0 amide bonds. The summed E-state index contributed by atoms with van der Waals surface area (Å²) in [5.74, 6) is 0. The van der Waals surface area contributed by atoms with Crippen LogP contribution >= 0.6 is 11.3 Å². The van der Waals surface area contributed by atoms with Crippen LogP contribution in [-0.2, 0) is 0 Å². The molecule has 0 aliphatic rings. The molecule has 3 heterocycles. The lowest BCUT2D eigenvalue weighted by Crippen LogP contribution is -1.95. The summed E-state index contributed by atoms with van der Waals surface area (Å²) in [7, 11) is 0. The number of rotatable bonds is 3. The lowest BCUT2D eigenvalue weighted by atomic mass is 10.0. The van der Waals surface area contributed by atoms with Crippen LogP contribution in [0.1, 0.15) is 0 Å². The molecule has 49 heavy (non-hydrogen) atoms. The van der Waals surface area contributed by atoms with Crippen molar-refractivity contribution >= 4 is 85.9 Å². The summed E-state index contributed by atoms with van der Waals surface area (Å²) in [5.41, 5.74) is 9.74. The van der Waals surface area contributed by atoms with Crippen LogP contribution < -0.4 is 0 Å². The van der Waals surface area contributed by atoms with E-state index in [1.54, 1.807) is 0 Å². The minimum atomic E-state index is 1.16. The molecular formula is C46H28N2S. The van der Waals surface area contributed by atoms with Gasteiger partial charge in [0.1, 0.15) is 0 Å². The van der Waals surface area contributed by atoms with Crippen molar-refractivity contribution in [3.05, 3.63) is 170 Å². The van der Waals surface area contributed by atoms with Gasteiger partial charge in [-0.05, 0) is 70.4 Å². The Morgan fingerprint density at radius 3 is 1.92 bits per heavy atom. The minimum absolute atomic E-state index is 1.16. The molecule has 228 valence electrons. The average molecular weight is 641 g/mol. The van der Waals surface area contributed by atoms with Crippen LogP contribution in [0.15, 0.2) is 170 Å². The third kappa shape index (κ3) is 3.82. The van der Waals surface area contributed by atoms with E-state index < -0.39 is 0 Å². The Kier molecular flexibility index (Phi) is 5.57. The fraction of sp³-hybridized carbons (Fsp3) is 0. The lowest BCUT2D eigenvalue weighted by molar-refractivity contribution is 1.18. The summed E-state index contributed by atoms with van der Waals surface area (Å²) in [6, 6.07) is 62.4. The maximum Gasteiger partial charge on any atom is 0.0641 e. The maximum atomic E-state index is 2.48. The van der Waals surface area contributed by atoms with Crippen LogP contribution in [-0.4, -0.2) is 9.13 Å². The summed E-state index contributed by atoms with van der Waals surface area (Å²) >= 11 is 1.88. The Morgan fingerprint density at radius 2 is 1.06 bits per heavy atom. The molecule has 2 nitrogen and oxygen atoms in total. The molecule has 3 aromatic heterocycles. The van der Waals surface area contributed by atoms with E-state index in [0.717, 1.165) is 5.69 Å². The molecule has 0 aliphatic heterocycles. The first-order valence-corrected chi connectivity index (χ1v) is 17.6. The van der Waals surface area contributed by atoms with Gasteiger partial charge in [0.05, 0.1) is 22.1 Å². The number of aromatic nitrogens is 2. The van der Waals surface area contributed by atoms with Gasteiger partial charge in [-0.25, -0.2) is 0 Å². The number of fused-ring (bicyclic) bond motifs is 11. The monoisotopic (exact) mass is 640 g/mol. The molecule has 8 aromatic carbocycles. The quantitative estimate of drug-likeness (QED) is 0.182. The highest BCUT2D eigenvalue weighted by Crippen LogP contribution is 2.43. The van der Waals surface area contributed by atoms with Crippen LogP contribution in [0, 0.1) is 0 Å². The van der Waals surface area contributed by atoms with E-state index >= 15 is 0 Å². The third-order valence-electron chi connectivity index (χ3n) is 10.3. The van der Waals surface area contributed by atoms with Gasteiger partial charge in [0.25, 0.3) is 0 Å². The highest BCUT2D eigenvalue weighted by Gasteiger charge is 2.21. The molecule has 0 saturated carbocycles. The summed E-state index contributed by atoms with van der Waals surface area (Å²) in [6.45, 7) is 0. The van der Waals surface area contributed by atoms with E-state index in [4.69, 9.17) is 0 Å². The first kappa shape index (κ1) is 26.9. The highest BCUT2D eigenvalue weighted by atomic mass is 32.1. The van der Waals surface area contributed by atoms with Crippen LogP contribution in [0.2, 0.25) is 0 Å². The molecule has 3 heteroatoms. The van der Waals surface area contributed by atoms with Gasteiger partial charge in [0.2, 0.25) is 0 Å². The summed E-state index contributed by atoms with van der Waals surface area (Å²) in [5, 5.41) is 10.2. The minimum Gasteiger partial charge on any atom is -0.309 e. The second-order valence-corrected chi connectivity index (χ2v) is 14.0. The van der Waals surface area contributed by atoms with Gasteiger partial charge >= 0.3 is 0 Å². The number of hydrogen-bond donors (Lipinski definition) is 0. The number of hydrogen-bond acceptors (Lipinski definition) is 1. The van der Waals surface area contributed by atoms with E-state index in [1.165, 1.54) is 91.4 Å². The maximum absolute atomic E-state index is 2.48. The van der Waals surface area contributed by atoms with Gasteiger partial charge in [-0.1, -0.05) is 121 Å². The molecule has 0 N–H and O–H groups in total. The number of thiophene rings is 1. The zero-order valence-electron chi connectivity index (χ0n) is 26.5. The van der Waals surface area contributed by atoms with Gasteiger partial charge in [0.15, 0.2) is 0 Å². The Hall–Kier alpha value is -6.16. The van der Waals surface area contributed by atoms with Crippen molar-refractivity contribution in [2.45, 2.75) is 0 Å². The molecule has 0 radical (unpaired) electrons. The molecule has 0 unspecified atom stereocenters. The van der Waals surface area contributed by atoms with E-state index in [0.29, 0.717) is 0 Å². The Labute approximate surface area is 286 Å². The normalized spacial score (nSPS) is 12.1. The Bertz CT molecular complexity index is 3100. The van der Waals surface area contributed by atoms with E-state index in [-0.39, 0.29) is 0 Å². The van der Waals surface area contributed by atoms with Crippen LogP contribution in [0.3, 0.4) is 0 Å². The molecular weight excluding hydrogens is 613 g/mol. The van der Waals surface area contributed by atoms with Crippen molar-refractivity contribution in [1.82, 2.24) is 9.13 Å². The SMILES string of the molecule is c1ccc2cc(-n3c4ccccc4c4c3ccc3c5ccccc5n(-c5ccc(-c6cccc7c6sc6ccccc67)cc5)c34)ccc2c1. The zero-order chi connectivity index (χ0) is 32.1. The largest absolute Gasteiger partial charge is 0.309 e. The third-order valence-corrected chi connectivity index (χ3v) is 11.5. The fourth-order valence-electron chi connectivity index (χ4n) is 8.14. The predicted molar refractivity (Wildman–Crippen MR) is 211 cm³/mol. The first-order chi connectivity index (χ1) is 24.3. The predicted octanol–water partition coefficient (Wildman–Crippen LogP) is 13.1. The number of para-hydroxylation sites is 2. The summed E-state index contributed by atoms with van der Waals surface area (Å²) < 4.78 is 7.59. The smallest absolute Gasteiger partial charge is 0.0641 e. The zero-order valence-corrected chi connectivity index (χ0v) is 27.3. The van der Waals surface area contributed by atoms with Gasteiger partial charge in [-0.2, -0.15) is 0 Å². The van der Waals surface area contributed by atoms with E-state index in [9.17, 15) is 0 Å². The van der Waals surface area contributed by atoms with Crippen molar-refractivity contribution in [3.63, 3.8) is 0 Å². The first-order valence-electron chi connectivity index (χ1n) is 16.8. The highest BCUT2D eigenvalue weighted by molar-refractivity contribution is 7.26. The van der Waals surface area contributed by atoms with Crippen molar-refractivity contribution in [1.29, 1.82) is 0 Å². The van der Waals surface area contributed by atoms with Crippen LogP contribution in [0.5, 0.6) is 0 Å². The molecule has 0 aliphatic carbocycles. The Morgan fingerprint density at radius 1 is 0.388 bits per heavy atom. The Balaban J connectivity index is 1.18. The van der Waals surface area contributed by atoms with Gasteiger partial charge in [-0.3, -0.25) is 0 Å². The molecule has 0 fully saturated rings. The number of benzene rings is 8. The van der Waals surface area contributed by atoms with Gasteiger partial charge in [-0.15, -0.1) is 11.3 Å². The topological polar surface area (TPSA) is 9.86 Å². The average Bonchev–Trinajstić information content (AvgIpc) is 3.82. The molecule has 0 atom stereocenters. The van der Waals surface area contributed by atoms with Crippen molar-refractivity contribution in [2.75, 3.05) is 0 Å². The van der Waals surface area contributed by atoms with Gasteiger partial charge in [0, 0.05) is 53.1 Å². The second-order valence-electron chi connectivity index (χ2n) is 12.9.